The number of rotatable bonds is 1. The third-order valence-electron chi connectivity index (χ3n) is 2.88. The van der Waals surface area contributed by atoms with Crippen molar-refractivity contribution in [3.63, 3.8) is 0 Å². The summed E-state index contributed by atoms with van der Waals surface area (Å²) in [6.45, 7) is 7.29. The topological polar surface area (TPSA) is 30.1 Å². The second-order valence-corrected chi connectivity index (χ2v) is 4.49. The van der Waals surface area contributed by atoms with Crippen molar-refractivity contribution in [2.24, 2.45) is 0 Å². The van der Waals surface area contributed by atoms with Crippen molar-refractivity contribution >= 4 is 28.2 Å². The number of pyridine rings is 2. The molecule has 3 nitrogen and oxygen atoms in total. The van der Waals surface area contributed by atoms with Crippen LogP contribution >= 0.6 is 11.6 Å². The predicted octanol–water partition coefficient (Wildman–Crippen LogP) is 4.64. The van der Waals surface area contributed by atoms with Crippen LogP contribution in [0.5, 0.6) is 0 Å². The van der Waals surface area contributed by atoms with Crippen LogP contribution in [0.3, 0.4) is 0 Å². The molecule has 0 aliphatic carbocycles. The Balaban J connectivity index is 2.40. The normalized spacial score (nSPS) is 10.4. The summed E-state index contributed by atoms with van der Waals surface area (Å²) in [6.07, 6.45) is 1.61. The van der Waals surface area contributed by atoms with Crippen molar-refractivity contribution in [2.75, 3.05) is 0 Å². The molecule has 2 heterocycles. The SMILES string of the molecule is [C-]#[N+]c1c(-c2ccccn2)nc2cc(F)ccc2c1Cl. The Bertz CT molecular complexity index is 841. The van der Waals surface area contributed by atoms with Crippen LogP contribution in [0.1, 0.15) is 0 Å². The number of fused-ring (bicyclic) bond motifs is 1. The van der Waals surface area contributed by atoms with Crippen molar-refractivity contribution < 1.29 is 4.39 Å². The maximum atomic E-state index is 13.3. The Kier molecular flexibility index (Phi) is 3.05. The first-order valence-corrected chi connectivity index (χ1v) is 6.16. The first-order valence-electron chi connectivity index (χ1n) is 5.78. The lowest BCUT2D eigenvalue weighted by Gasteiger charge is -2.08. The first kappa shape index (κ1) is 12.5. The van der Waals surface area contributed by atoms with Gasteiger partial charge in [0.1, 0.15) is 5.82 Å². The van der Waals surface area contributed by atoms with Gasteiger partial charge in [0, 0.05) is 17.6 Å². The van der Waals surface area contributed by atoms with E-state index in [1.807, 2.05) is 0 Å². The number of benzene rings is 1. The van der Waals surface area contributed by atoms with Crippen molar-refractivity contribution in [3.05, 3.63) is 64.9 Å². The molecule has 3 rings (SSSR count). The molecule has 0 N–H and O–H groups in total. The van der Waals surface area contributed by atoms with Crippen molar-refractivity contribution in [1.82, 2.24) is 9.97 Å². The van der Waals surface area contributed by atoms with E-state index in [-0.39, 0.29) is 10.7 Å². The largest absolute Gasteiger partial charge is 0.258 e. The summed E-state index contributed by atoms with van der Waals surface area (Å²) in [7, 11) is 0. The molecule has 0 unspecified atom stereocenters. The zero-order valence-electron chi connectivity index (χ0n) is 10.1. The molecule has 96 valence electrons. The number of hydrogen-bond acceptors (Lipinski definition) is 2. The van der Waals surface area contributed by atoms with E-state index in [0.29, 0.717) is 22.3 Å². The van der Waals surface area contributed by atoms with Gasteiger partial charge in [-0.3, -0.25) is 9.97 Å². The van der Waals surface area contributed by atoms with Gasteiger partial charge in [-0.2, -0.15) is 0 Å². The lowest BCUT2D eigenvalue weighted by Crippen LogP contribution is -1.91. The summed E-state index contributed by atoms with van der Waals surface area (Å²) in [4.78, 5) is 11.9. The van der Waals surface area contributed by atoms with Crippen molar-refractivity contribution in [3.8, 4) is 11.4 Å². The molecule has 0 fully saturated rings. The molecule has 5 heteroatoms. The van der Waals surface area contributed by atoms with Crippen LogP contribution in [0, 0.1) is 12.4 Å². The van der Waals surface area contributed by atoms with Gasteiger partial charge in [-0.1, -0.05) is 17.7 Å². The van der Waals surface area contributed by atoms with Crippen molar-refractivity contribution in [2.45, 2.75) is 0 Å². The minimum Gasteiger partial charge on any atom is -0.258 e. The second kappa shape index (κ2) is 4.87. The molecule has 0 saturated carbocycles. The molecule has 20 heavy (non-hydrogen) atoms. The lowest BCUT2D eigenvalue weighted by atomic mass is 10.1. The molecule has 3 aromatic rings. The van der Waals surface area contributed by atoms with Crippen molar-refractivity contribution in [1.29, 1.82) is 0 Å². The average Bonchev–Trinajstić information content (AvgIpc) is 2.47. The Morgan fingerprint density at radius 1 is 1.20 bits per heavy atom. The zero-order chi connectivity index (χ0) is 14.1. The summed E-state index contributed by atoms with van der Waals surface area (Å²) in [5.74, 6) is -0.399. The molecule has 0 amide bonds. The van der Waals surface area contributed by atoms with E-state index >= 15 is 0 Å². The third kappa shape index (κ3) is 1.98. The highest BCUT2D eigenvalue weighted by molar-refractivity contribution is 6.38. The lowest BCUT2D eigenvalue weighted by molar-refractivity contribution is 0.629. The van der Waals surface area contributed by atoms with Gasteiger partial charge >= 0.3 is 0 Å². The quantitative estimate of drug-likeness (QED) is 0.609. The van der Waals surface area contributed by atoms with E-state index < -0.39 is 5.82 Å². The number of aromatic nitrogens is 2. The van der Waals surface area contributed by atoms with Gasteiger partial charge in [-0.25, -0.2) is 9.24 Å². The Labute approximate surface area is 119 Å². The molecule has 1 aromatic carbocycles. The Morgan fingerprint density at radius 3 is 2.75 bits per heavy atom. The highest BCUT2D eigenvalue weighted by Gasteiger charge is 2.16. The van der Waals surface area contributed by atoms with E-state index in [2.05, 4.69) is 14.8 Å². The monoisotopic (exact) mass is 283 g/mol. The van der Waals surface area contributed by atoms with E-state index in [1.165, 1.54) is 18.2 Å². The van der Waals surface area contributed by atoms with Gasteiger partial charge in [0.2, 0.25) is 5.69 Å². The average molecular weight is 284 g/mol. The van der Waals surface area contributed by atoms with Crippen LogP contribution < -0.4 is 0 Å². The fourth-order valence-electron chi connectivity index (χ4n) is 1.97. The van der Waals surface area contributed by atoms with Gasteiger partial charge in [0.25, 0.3) is 0 Å². The fraction of sp³-hybridized carbons (Fsp3) is 0. The minimum atomic E-state index is -0.399. The maximum Gasteiger partial charge on any atom is 0.233 e. The van der Waals surface area contributed by atoms with Gasteiger partial charge in [0.15, 0.2) is 0 Å². The maximum absolute atomic E-state index is 13.3. The highest BCUT2D eigenvalue weighted by atomic mass is 35.5. The predicted molar refractivity (Wildman–Crippen MR) is 76.2 cm³/mol. The summed E-state index contributed by atoms with van der Waals surface area (Å²) in [6, 6.07) is 9.41. The van der Waals surface area contributed by atoms with Gasteiger partial charge < -0.3 is 0 Å². The van der Waals surface area contributed by atoms with Crippen LogP contribution in [0.15, 0.2) is 42.6 Å². The summed E-state index contributed by atoms with van der Waals surface area (Å²) >= 11 is 6.25. The van der Waals surface area contributed by atoms with Crippen LogP contribution in [-0.4, -0.2) is 9.97 Å². The Morgan fingerprint density at radius 2 is 2.05 bits per heavy atom. The molecular weight excluding hydrogens is 277 g/mol. The van der Waals surface area contributed by atoms with Crippen LogP contribution in [0.25, 0.3) is 27.1 Å². The fourth-order valence-corrected chi connectivity index (χ4v) is 2.26. The molecule has 0 aliphatic rings. The minimum absolute atomic E-state index is 0.226. The third-order valence-corrected chi connectivity index (χ3v) is 3.26. The van der Waals surface area contributed by atoms with E-state index in [9.17, 15) is 4.39 Å². The molecule has 0 saturated heterocycles. The highest BCUT2D eigenvalue weighted by Crippen LogP contribution is 2.39. The van der Waals surface area contributed by atoms with Gasteiger partial charge in [-0.15, -0.1) is 0 Å². The van der Waals surface area contributed by atoms with Crippen LogP contribution in [0.2, 0.25) is 5.02 Å². The molecule has 0 bridgehead atoms. The molecule has 0 atom stereocenters. The molecular formula is C15H7ClFN3. The van der Waals surface area contributed by atoms with Gasteiger partial charge in [-0.05, 0) is 24.3 Å². The smallest absolute Gasteiger partial charge is 0.233 e. The zero-order valence-corrected chi connectivity index (χ0v) is 10.9. The van der Waals surface area contributed by atoms with E-state index in [0.717, 1.165) is 0 Å². The number of halogens is 2. The molecule has 0 aliphatic heterocycles. The van der Waals surface area contributed by atoms with Gasteiger partial charge in [0.05, 0.1) is 28.5 Å². The van der Waals surface area contributed by atoms with Crippen LogP contribution in [0.4, 0.5) is 10.1 Å². The van der Waals surface area contributed by atoms with E-state index in [1.54, 1.807) is 24.4 Å². The number of nitrogens with zero attached hydrogens (tertiary/aromatic N) is 3. The summed E-state index contributed by atoms with van der Waals surface area (Å²) in [5.41, 5.74) is 1.53. The molecule has 0 radical (unpaired) electrons. The standard InChI is InChI=1S/C15H7ClFN3/c1-18-15-13(16)10-6-5-9(17)8-12(10)20-14(15)11-4-2-3-7-19-11/h2-8H. The second-order valence-electron chi connectivity index (χ2n) is 4.11. The van der Waals surface area contributed by atoms with E-state index in [4.69, 9.17) is 18.2 Å². The molecule has 0 spiro atoms. The number of hydrogen-bond donors (Lipinski definition) is 0. The summed E-state index contributed by atoms with van der Waals surface area (Å²) in [5, 5.41) is 0.824. The summed E-state index contributed by atoms with van der Waals surface area (Å²) < 4.78 is 13.3. The Hall–Kier alpha value is -2.51. The first-order chi connectivity index (χ1) is 9.70. The van der Waals surface area contributed by atoms with Crippen LogP contribution in [-0.2, 0) is 0 Å². The molecule has 2 aromatic heterocycles.